The second-order valence-corrected chi connectivity index (χ2v) is 6.40. The van der Waals surface area contributed by atoms with Gasteiger partial charge in [-0.3, -0.25) is 5.10 Å². The molecule has 0 aliphatic carbocycles. The molecule has 0 saturated heterocycles. The zero-order chi connectivity index (χ0) is 20.5. The number of phenols is 1. The Balaban J connectivity index is 1.90. The molecule has 0 fully saturated rings. The number of nitriles is 1. The zero-order valence-electron chi connectivity index (χ0n) is 15.8. The van der Waals surface area contributed by atoms with Gasteiger partial charge in [-0.1, -0.05) is 6.07 Å². The highest BCUT2D eigenvalue weighted by Crippen LogP contribution is 2.46. The van der Waals surface area contributed by atoms with Crippen molar-refractivity contribution in [3.05, 3.63) is 65.0 Å². The zero-order valence-corrected chi connectivity index (χ0v) is 15.8. The number of nitrogens with zero attached hydrogens (tertiary/aromatic N) is 2. The Morgan fingerprint density at radius 3 is 2.55 bits per heavy atom. The number of H-pyrrole nitrogens is 1. The van der Waals surface area contributed by atoms with Crippen LogP contribution in [0.1, 0.15) is 17.0 Å². The number of nitrogens with one attached hydrogen (secondary N) is 1. The molecule has 0 saturated carbocycles. The van der Waals surface area contributed by atoms with E-state index in [2.05, 4.69) is 16.3 Å². The molecule has 2 aromatic carbocycles. The molecule has 0 radical (unpaired) electrons. The number of aromatic nitrogens is 2. The lowest BCUT2D eigenvalue weighted by Gasteiger charge is -2.24. The van der Waals surface area contributed by atoms with Gasteiger partial charge in [0.2, 0.25) is 11.8 Å². The average molecular weight is 390 g/mol. The minimum absolute atomic E-state index is 0.0203. The molecule has 8 heteroatoms. The fraction of sp³-hybridized carbons (Fsp3) is 0.143. The quantitative estimate of drug-likeness (QED) is 0.625. The first-order valence-corrected chi connectivity index (χ1v) is 8.74. The van der Waals surface area contributed by atoms with E-state index in [0.29, 0.717) is 22.6 Å². The Kier molecular flexibility index (Phi) is 4.49. The maximum absolute atomic E-state index is 10.3. The molecule has 0 bridgehead atoms. The maximum Gasteiger partial charge on any atom is 0.244 e. The molecule has 2 heterocycles. The number of fused-ring (bicyclic) bond motifs is 1. The van der Waals surface area contributed by atoms with E-state index in [4.69, 9.17) is 19.9 Å². The van der Waals surface area contributed by atoms with Gasteiger partial charge in [-0.25, -0.2) is 0 Å². The van der Waals surface area contributed by atoms with Gasteiger partial charge in [-0.15, -0.1) is 5.10 Å². The van der Waals surface area contributed by atoms with Gasteiger partial charge in [0.15, 0.2) is 11.5 Å². The van der Waals surface area contributed by atoms with Crippen LogP contribution in [0.15, 0.2) is 53.9 Å². The molecule has 146 valence electrons. The molecule has 0 amide bonds. The van der Waals surface area contributed by atoms with E-state index in [1.807, 2.05) is 24.3 Å². The van der Waals surface area contributed by atoms with Gasteiger partial charge >= 0.3 is 0 Å². The smallest absolute Gasteiger partial charge is 0.244 e. The third-order valence-electron chi connectivity index (χ3n) is 4.85. The number of methoxy groups -OCH3 is 2. The van der Waals surface area contributed by atoms with Crippen molar-refractivity contribution in [1.29, 1.82) is 5.26 Å². The summed E-state index contributed by atoms with van der Waals surface area (Å²) in [6, 6.07) is 14.5. The van der Waals surface area contributed by atoms with Crippen LogP contribution in [-0.4, -0.2) is 29.5 Å². The van der Waals surface area contributed by atoms with E-state index in [0.717, 1.165) is 11.3 Å². The van der Waals surface area contributed by atoms with Gasteiger partial charge < -0.3 is 25.1 Å². The van der Waals surface area contributed by atoms with Crippen molar-refractivity contribution in [2.75, 3.05) is 14.2 Å². The summed E-state index contributed by atoms with van der Waals surface area (Å²) in [4.78, 5) is 0. The number of phenolic OH excluding ortho intramolecular Hbond substituents is 1. The van der Waals surface area contributed by atoms with Crippen LogP contribution in [-0.2, 0) is 0 Å². The summed E-state index contributed by atoms with van der Waals surface area (Å²) in [6.07, 6.45) is 0. The number of rotatable bonds is 4. The molecule has 3 aromatic rings. The normalized spacial score (nSPS) is 15.3. The minimum Gasteiger partial charge on any atom is -0.504 e. The van der Waals surface area contributed by atoms with E-state index >= 15 is 0 Å². The monoisotopic (exact) mass is 390 g/mol. The van der Waals surface area contributed by atoms with Gasteiger partial charge in [0.05, 0.1) is 31.4 Å². The van der Waals surface area contributed by atoms with Crippen molar-refractivity contribution in [2.24, 2.45) is 5.73 Å². The molecule has 4 rings (SSSR count). The van der Waals surface area contributed by atoms with Gasteiger partial charge in [0, 0.05) is 5.56 Å². The number of allylic oxidation sites excluding steroid dienone is 1. The number of hydrogen-bond donors (Lipinski definition) is 3. The summed E-state index contributed by atoms with van der Waals surface area (Å²) in [5.41, 5.74) is 9.06. The number of aromatic amines is 1. The molecule has 0 unspecified atom stereocenters. The molecule has 4 N–H and O–H groups in total. The van der Waals surface area contributed by atoms with Crippen molar-refractivity contribution in [1.82, 2.24) is 10.2 Å². The Morgan fingerprint density at radius 1 is 1.17 bits per heavy atom. The molecule has 1 aliphatic heterocycles. The van der Waals surface area contributed by atoms with E-state index in [1.165, 1.54) is 7.11 Å². The number of ether oxygens (including phenoxy) is 3. The number of hydrogen-bond acceptors (Lipinski definition) is 7. The second-order valence-electron chi connectivity index (χ2n) is 6.40. The summed E-state index contributed by atoms with van der Waals surface area (Å²) in [6.45, 7) is 0. The molecule has 0 spiro atoms. The molecule has 1 aliphatic rings. The predicted octanol–water partition coefficient (Wildman–Crippen LogP) is 3.02. The van der Waals surface area contributed by atoms with Crippen molar-refractivity contribution in [2.45, 2.75) is 5.92 Å². The van der Waals surface area contributed by atoms with Gasteiger partial charge in [0.1, 0.15) is 17.4 Å². The Bertz CT molecular complexity index is 1140. The van der Waals surface area contributed by atoms with Crippen molar-refractivity contribution < 1.29 is 19.3 Å². The largest absolute Gasteiger partial charge is 0.504 e. The molecule has 29 heavy (non-hydrogen) atoms. The Labute approximate surface area is 166 Å². The van der Waals surface area contributed by atoms with E-state index in [-0.39, 0.29) is 23.1 Å². The van der Waals surface area contributed by atoms with Crippen molar-refractivity contribution >= 4 is 0 Å². The maximum atomic E-state index is 10.3. The second kappa shape index (κ2) is 7.13. The van der Waals surface area contributed by atoms with Crippen LogP contribution in [0.4, 0.5) is 0 Å². The summed E-state index contributed by atoms with van der Waals surface area (Å²) < 4.78 is 15.9. The molecular formula is C21H18N4O4. The highest BCUT2D eigenvalue weighted by Gasteiger charge is 2.36. The summed E-state index contributed by atoms with van der Waals surface area (Å²) >= 11 is 0. The topological polar surface area (TPSA) is 126 Å². The van der Waals surface area contributed by atoms with E-state index in [9.17, 15) is 10.4 Å². The lowest BCUT2D eigenvalue weighted by atomic mass is 9.83. The van der Waals surface area contributed by atoms with Gasteiger partial charge in [-0.05, 0) is 42.0 Å². The standard InChI is InChI=1S/C21H18N4O4/c1-27-13-6-3-11(4-7-13)19-18-17(12-5-8-16(28-2)15(26)9-12)14(10-22)20(23)29-21(18)25-24-19/h3-9,17,26H,23H2,1-2H3,(H,24,25)/t17-/m1/s1. The Hall–Kier alpha value is -4.12. The van der Waals surface area contributed by atoms with Gasteiger partial charge in [0.25, 0.3) is 0 Å². The first-order valence-electron chi connectivity index (χ1n) is 8.74. The van der Waals surface area contributed by atoms with Crippen molar-refractivity contribution in [3.63, 3.8) is 0 Å². The number of benzene rings is 2. The fourth-order valence-electron chi connectivity index (χ4n) is 3.44. The van der Waals surface area contributed by atoms with Crippen LogP contribution in [0.3, 0.4) is 0 Å². The Morgan fingerprint density at radius 2 is 1.93 bits per heavy atom. The summed E-state index contributed by atoms with van der Waals surface area (Å²) in [5, 5.41) is 27.2. The molecular weight excluding hydrogens is 372 g/mol. The third-order valence-corrected chi connectivity index (χ3v) is 4.85. The average Bonchev–Trinajstić information content (AvgIpc) is 3.16. The van der Waals surface area contributed by atoms with Crippen molar-refractivity contribution in [3.8, 4) is 40.5 Å². The van der Waals surface area contributed by atoms with Crippen LogP contribution in [0.2, 0.25) is 0 Å². The minimum atomic E-state index is -0.573. The molecule has 1 aromatic heterocycles. The highest BCUT2D eigenvalue weighted by molar-refractivity contribution is 5.71. The predicted molar refractivity (Wildman–Crippen MR) is 105 cm³/mol. The highest BCUT2D eigenvalue weighted by atomic mass is 16.5. The number of nitrogens with two attached hydrogens (primary N) is 1. The van der Waals surface area contributed by atoms with Gasteiger partial charge in [-0.2, -0.15) is 5.26 Å². The fourth-order valence-corrected chi connectivity index (χ4v) is 3.44. The molecule has 1 atom stereocenters. The van der Waals surface area contributed by atoms with Crippen LogP contribution in [0.25, 0.3) is 11.3 Å². The van der Waals surface area contributed by atoms with Crippen LogP contribution >= 0.6 is 0 Å². The first-order chi connectivity index (χ1) is 14.1. The van der Waals surface area contributed by atoms with Crippen LogP contribution in [0, 0.1) is 11.3 Å². The third kappa shape index (κ3) is 2.99. The summed E-state index contributed by atoms with van der Waals surface area (Å²) in [5.74, 6) is 0.705. The van der Waals surface area contributed by atoms with E-state index < -0.39 is 5.92 Å². The summed E-state index contributed by atoms with van der Waals surface area (Å²) in [7, 11) is 3.07. The first kappa shape index (κ1) is 18.3. The van der Waals surface area contributed by atoms with Crippen LogP contribution < -0.4 is 19.9 Å². The van der Waals surface area contributed by atoms with E-state index in [1.54, 1.807) is 25.3 Å². The lowest BCUT2D eigenvalue weighted by Crippen LogP contribution is -2.21. The molecule has 8 nitrogen and oxygen atoms in total. The number of aromatic hydroxyl groups is 1. The van der Waals surface area contributed by atoms with Crippen LogP contribution in [0.5, 0.6) is 23.1 Å². The lowest BCUT2D eigenvalue weighted by molar-refractivity contribution is 0.371. The SMILES string of the molecule is COc1ccc(-c2[nH]nc3c2[C@H](c2ccc(OC)c(O)c2)C(C#N)=C(N)O3)cc1.